The van der Waals surface area contributed by atoms with E-state index in [1.165, 1.54) is 96.3 Å². The van der Waals surface area contributed by atoms with E-state index < -0.39 is 61.5 Å². The number of amides is 1. The van der Waals surface area contributed by atoms with Gasteiger partial charge in [-0.15, -0.1) is 0 Å². The van der Waals surface area contributed by atoms with Crippen molar-refractivity contribution >= 4 is 5.91 Å². The van der Waals surface area contributed by atoms with E-state index in [0.29, 0.717) is 12.8 Å². The standard InChI is InChI=1S/C40H77NO9/c1-3-5-7-9-11-13-15-17-19-20-22-24-26-28-33(43)32(31-49-40-38(47)37(46)36(45)35(30-42)50-40)41-39(48)34(44)29-27-25-23-21-18-16-14-12-10-8-6-4-2/h19-20,32-38,40,42-47H,3-18,21-31H2,1-2H3,(H,41,48)/b20-19+/t32-,33+,34+,35+,36+,37-,38+,40+/m0/s1. The normalized spacial score (nSPS) is 22.9. The Labute approximate surface area is 304 Å². The second-order valence-corrected chi connectivity index (χ2v) is 14.6. The van der Waals surface area contributed by atoms with Crippen molar-refractivity contribution in [1.29, 1.82) is 0 Å². The van der Waals surface area contributed by atoms with Crippen LogP contribution in [0, 0.1) is 0 Å². The largest absolute Gasteiger partial charge is 0.394 e. The van der Waals surface area contributed by atoms with Crippen LogP contribution in [-0.4, -0.2) is 98.7 Å². The summed E-state index contributed by atoms with van der Waals surface area (Å²) in [5.74, 6) is -0.595. The minimum atomic E-state index is -1.60. The fourth-order valence-corrected chi connectivity index (χ4v) is 6.51. The van der Waals surface area contributed by atoms with Gasteiger partial charge >= 0.3 is 0 Å². The number of aliphatic hydroxyl groups is 6. The Hall–Kier alpha value is -1.11. The number of carbonyl (C=O) groups excluding carboxylic acids is 1. The van der Waals surface area contributed by atoms with Crippen molar-refractivity contribution < 1.29 is 44.9 Å². The molecule has 1 rings (SSSR count). The van der Waals surface area contributed by atoms with E-state index in [-0.39, 0.29) is 6.61 Å². The molecule has 1 aliphatic heterocycles. The van der Waals surface area contributed by atoms with Crippen LogP contribution in [0.1, 0.15) is 174 Å². The van der Waals surface area contributed by atoms with Gasteiger partial charge in [0.15, 0.2) is 6.29 Å². The molecule has 0 aromatic heterocycles. The van der Waals surface area contributed by atoms with Gasteiger partial charge in [0.05, 0.1) is 25.4 Å². The highest BCUT2D eigenvalue weighted by Gasteiger charge is 2.44. The zero-order valence-corrected chi connectivity index (χ0v) is 31.8. The van der Waals surface area contributed by atoms with Gasteiger partial charge in [0.25, 0.3) is 0 Å². The molecule has 10 nitrogen and oxygen atoms in total. The summed E-state index contributed by atoms with van der Waals surface area (Å²) in [4.78, 5) is 13.0. The number of hydrogen-bond donors (Lipinski definition) is 7. The van der Waals surface area contributed by atoms with Crippen molar-refractivity contribution in [1.82, 2.24) is 5.32 Å². The van der Waals surface area contributed by atoms with Crippen LogP contribution in [0.4, 0.5) is 0 Å². The van der Waals surface area contributed by atoms with E-state index in [1.54, 1.807) is 0 Å². The maximum absolute atomic E-state index is 13.0. The molecule has 0 aromatic rings. The van der Waals surface area contributed by atoms with E-state index in [9.17, 15) is 35.4 Å². The van der Waals surface area contributed by atoms with Crippen molar-refractivity contribution in [2.45, 2.75) is 223 Å². The predicted molar refractivity (Wildman–Crippen MR) is 200 cm³/mol. The third-order valence-electron chi connectivity index (χ3n) is 9.98. The predicted octanol–water partition coefficient (Wildman–Crippen LogP) is 6.36. The van der Waals surface area contributed by atoms with E-state index >= 15 is 0 Å². The minimum absolute atomic E-state index is 0.265. The van der Waals surface area contributed by atoms with Crippen LogP contribution >= 0.6 is 0 Å². The van der Waals surface area contributed by atoms with Crippen LogP contribution < -0.4 is 5.32 Å². The molecule has 1 amide bonds. The highest BCUT2D eigenvalue weighted by molar-refractivity contribution is 5.80. The van der Waals surface area contributed by atoms with Crippen molar-refractivity contribution in [3.05, 3.63) is 12.2 Å². The first-order valence-corrected chi connectivity index (χ1v) is 20.5. The summed E-state index contributed by atoms with van der Waals surface area (Å²) in [5, 5.41) is 64.5. The van der Waals surface area contributed by atoms with Crippen LogP contribution in [0.5, 0.6) is 0 Å². The van der Waals surface area contributed by atoms with Crippen LogP contribution in [0.25, 0.3) is 0 Å². The van der Waals surface area contributed by atoms with Crippen molar-refractivity contribution in [2.75, 3.05) is 13.2 Å². The molecule has 1 heterocycles. The van der Waals surface area contributed by atoms with E-state index in [4.69, 9.17) is 9.47 Å². The van der Waals surface area contributed by atoms with Crippen LogP contribution in [0.15, 0.2) is 12.2 Å². The number of nitrogens with one attached hydrogen (secondary N) is 1. The number of hydrogen-bond acceptors (Lipinski definition) is 9. The highest BCUT2D eigenvalue weighted by atomic mass is 16.7. The topological polar surface area (TPSA) is 169 Å². The first-order valence-electron chi connectivity index (χ1n) is 20.5. The summed E-state index contributed by atoms with van der Waals surface area (Å²) in [6, 6.07) is -0.903. The summed E-state index contributed by atoms with van der Waals surface area (Å²) in [6.45, 7) is 3.61. The Morgan fingerprint density at radius 1 is 0.660 bits per heavy atom. The molecule has 0 bridgehead atoms. The second-order valence-electron chi connectivity index (χ2n) is 14.6. The minimum Gasteiger partial charge on any atom is -0.394 e. The molecule has 1 fully saturated rings. The number of carbonyl (C=O) groups is 1. The summed E-state index contributed by atoms with van der Waals surface area (Å²) in [7, 11) is 0. The van der Waals surface area contributed by atoms with Crippen LogP contribution in [-0.2, 0) is 14.3 Å². The van der Waals surface area contributed by atoms with Gasteiger partial charge in [-0.1, -0.05) is 148 Å². The van der Waals surface area contributed by atoms with Crippen LogP contribution in [0.3, 0.4) is 0 Å². The van der Waals surface area contributed by atoms with Gasteiger partial charge in [-0.25, -0.2) is 0 Å². The van der Waals surface area contributed by atoms with Gasteiger partial charge in [-0.3, -0.25) is 4.79 Å². The molecular weight excluding hydrogens is 638 g/mol. The van der Waals surface area contributed by atoms with Gasteiger partial charge in [-0.05, 0) is 38.5 Å². The molecule has 0 saturated carbocycles. The fraction of sp³-hybridized carbons (Fsp3) is 0.925. The molecule has 0 radical (unpaired) electrons. The number of rotatable bonds is 33. The molecule has 1 saturated heterocycles. The number of ether oxygens (including phenoxy) is 2. The Morgan fingerprint density at radius 2 is 1.12 bits per heavy atom. The van der Waals surface area contributed by atoms with Crippen molar-refractivity contribution in [3.63, 3.8) is 0 Å². The van der Waals surface area contributed by atoms with E-state index in [1.807, 2.05) is 0 Å². The molecule has 0 unspecified atom stereocenters. The number of aliphatic hydroxyl groups excluding tert-OH is 6. The molecule has 0 spiro atoms. The lowest BCUT2D eigenvalue weighted by atomic mass is 9.99. The monoisotopic (exact) mass is 716 g/mol. The van der Waals surface area contributed by atoms with Gasteiger partial charge in [-0.2, -0.15) is 0 Å². The van der Waals surface area contributed by atoms with Crippen LogP contribution in [0.2, 0.25) is 0 Å². The lowest BCUT2D eigenvalue weighted by Gasteiger charge is -2.40. The summed E-state index contributed by atoms with van der Waals surface area (Å²) >= 11 is 0. The van der Waals surface area contributed by atoms with E-state index in [0.717, 1.165) is 51.4 Å². The number of unbranched alkanes of at least 4 members (excludes halogenated alkanes) is 20. The summed E-state index contributed by atoms with van der Waals surface area (Å²) in [6.07, 6.45) is 22.6. The Balaban J connectivity index is 2.49. The van der Waals surface area contributed by atoms with E-state index in [2.05, 4.69) is 31.3 Å². The zero-order chi connectivity index (χ0) is 36.8. The van der Waals surface area contributed by atoms with Gasteiger partial charge in [0.1, 0.15) is 30.5 Å². The lowest BCUT2D eigenvalue weighted by Crippen LogP contribution is -2.60. The Kier molecular flexibility index (Phi) is 29.5. The fourth-order valence-electron chi connectivity index (χ4n) is 6.51. The van der Waals surface area contributed by atoms with Gasteiger partial charge in [0, 0.05) is 0 Å². The lowest BCUT2D eigenvalue weighted by molar-refractivity contribution is -0.302. The molecule has 0 aliphatic carbocycles. The Morgan fingerprint density at radius 3 is 1.64 bits per heavy atom. The molecule has 8 atom stereocenters. The molecule has 0 aromatic carbocycles. The Bertz CT molecular complexity index is 814. The summed E-state index contributed by atoms with van der Waals surface area (Å²) < 4.78 is 11.1. The van der Waals surface area contributed by atoms with Gasteiger partial charge in [0.2, 0.25) is 5.91 Å². The quantitative estimate of drug-likeness (QED) is 0.0302. The zero-order valence-electron chi connectivity index (χ0n) is 31.8. The molecular formula is C40H77NO9. The first-order chi connectivity index (χ1) is 24.3. The second kappa shape index (κ2) is 31.4. The maximum Gasteiger partial charge on any atom is 0.249 e. The molecule has 296 valence electrons. The molecule has 7 N–H and O–H groups in total. The third kappa shape index (κ3) is 22.1. The number of allylic oxidation sites excluding steroid dienone is 2. The SMILES string of the molecule is CCCCCCCCC/C=C/CCCC[C@@H](O)[C@H](CO[C@@H]1O[C@H](CO)[C@@H](O)[C@H](O)[C@H]1O)NC(=O)[C@H](O)CCCCCCCCCCCCCC. The third-order valence-corrected chi connectivity index (χ3v) is 9.98. The van der Waals surface area contributed by atoms with Gasteiger partial charge < -0.3 is 45.4 Å². The average Bonchev–Trinajstić information content (AvgIpc) is 3.11. The first kappa shape index (κ1) is 46.9. The average molecular weight is 716 g/mol. The highest BCUT2D eigenvalue weighted by Crippen LogP contribution is 2.23. The molecule has 50 heavy (non-hydrogen) atoms. The smallest absolute Gasteiger partial charge is 0.249 e. The molecule has 10 heteroatoms. The molecule has 1 aliphatic rings. The maximum atomic E-state index is 13.0. The van der Waals surface area contributed by atoms with Crippen molar-refractivity contribution in [2.24, 2.45) is 0 Å². The van der Waals surface area contributed by atoms with Crippen molar-refractivity contribution in [3.8, 4) is 0 Å². The summed E-state index contributed by atoms with van der Waals surface area (Å²) in [5.41, 5.74) is 0.